The third-order valence-electron chi connectivity index (χ3n) is 4.49. The number of aromatic nitrogens is 2. The van der Waals surface area contributed by atoms with Crippen LogP contribution in [0.1, 0.15) is 4.88 Å². The fourth-order valence-corrected chi connectivity index (χ4v) is 6.57. The van der Waals surface area contributed by atoms with Gasteiger partial charge in [-0.05, 0) is 25.1 Å². The van der Waals surface area contributed by atoms with Crippen LogP contribution >= 0.6 is 34.5 Å². The number of piperazine rings is 1. The fourth-order valence-electron chi connectivity index (χ4n) is 3.21. The molecule has 1 fully saturated rings. The maximum atomic E-state index is 13.0. The van der Waals surface area contributed by atoms with Crippen molar-refractivity contribution in [1.82, 2.24) is 14.3 Å². The van der Waals surface area contributed by atoms with Gasteiger partial charge in [0.25, 0.3) is 0 Å². The van der Waals surface area contributed by atoms with E-state index in [9.17, 15) is 8.42 Å². The van der Waals surface area contributed by atoms with Crippen LogP contribution in [0.2, 0.25) is 10.0 Å². The summed E-state index contributed by atoms with van der Waals surface area (Å²) in [6.45, 7) is 3.76. The predicted octanol–water partition coefficient (Wildman–Crippen LogP) is 3.82. The van der Waals surface area contributed by atoms with Gasteiger partial charge in [0.2, 0.25) is 10.0 Å². The van der Waals surface area contributed by atoms with Crippen LogP contribution in [0, 0.1) is 6.92 Å². The molecule has 0 amide bonds. The standard InChI is InChI=1S/C17H16Cl2N4O2S2/c1-11-9-12-16(20-10-21-17(12)26-11)22-5-7-23(8-6-22)27(24,25)15-13(18)3-2-4-14(15)19/h2-4,9-10H,5-8H2,1H3. The van der Waals surface area contributed by atoms with Crippen molar-refractivity contribution in [2.24, 2.45) is 0 Å². The molecule has 1 aromatic carbocycles. The lowest BCUT2D eigenvalue weighted by atomic mass is 10.3. The maximum Gasteiger partial charge on any atom is 0.246 e. The maximum absolute atomic E-state index is 13.0. The molecule has 1 aliphatic heterocycles. The zero-order valence-corrected chi connectivity index (χ0v) is 17.5. The Labute approximate surface area is 171 Å². The van der Waals surface area contributed by atoms with Crippen molar-refractivity contribution in [3.63, 3.8) is 0 Å². The summed E-state index contributed by atoms with van der Waals surface area (Å²) in [4.78, 5) is 12.9. The van der Waals surface area contributed by atoms with Crippen LogP contribution in [0.5, 0.6) is 0 Å². The molecule has 27 heavy (non-hydrogen) atoms. The predicted molar refractivity (Wildman–Crippen MR) is 110 cm³/mol. The van der Waals surface area contributed by atoms with E-state index in [1.807, 2.05) is 6.92 Å². The molecule has 0 spiro atoms. The van der Waals surface area contributed by atoms with Crippen LogP contribution in [0.25, 0.3) is 10.2 Å². The minimum atomic E-state index is -3.76. The minimum absolute atomic E-state index is 0.0281. The van der Waals surface area contributed by atoms with Crippen LogP contribution in [-0.2, 0) is 10.0 Å². The van der Waals surface area contributed by atoms with Gasteiger partial charge in [-0.1, -0.05) is 29.3 Å². The molecule has 2 aromatic heterocycles. The van der Waals surface area contributed by atoms with Gasteiger partial charge in [0.15, 0.2) is 0 Å². The van der Waals surface area contributed by atoms with Crippen LogP contribution in [-0.4, -0.2) is 48.9 Å². The van der Waals surface area contributed by atoms with E-state index in [0.29, 0.717) is 26.2 Å². The summed E-state index contributed by atoms with van der Waals surface area (Å²) in [7, 11) is -3.76. The van der Waals surface area contributed by atoms with Crippen LogP contribution in [0.4, 0.5) is 5.82 Å². The highest BCUT2D eigenvalue weighted by atomic mass is 35.5. The van der Waals surface area contributed by atoms with Crippen LogP contribution < -0.4 is 4.90 Å². The summed E-state index contributed by atoms with van der Waals surface area (Å²) in [5.41, 5.74) is 0. The normalized spacial score (nSPS) is 16.2. The van der Waals surface area contributed by atoms with Crippen molar-refractivity contribution in [1.29, 1.82) is 0 Å². The molecule has 0 bridgehead atoms. The molecular formula is C17H16Cl2N4O2S2. The first-order valence-electron chi connectivity index (χ1n) is 8.28. The molecule has 142 valence electrons. The molecule has 4 rings (SSSR count). The average Bonchev–Trinajstić information content (AvgIpc) is 3.01. The number of thiophene rings is 1. The number of nitrogens with zero attached hydrogens (tertiary/aromatic N) is 4. The van der Waals surface area contributed by atoms with E-state index >= 15 is 0 Å². The molecule has 0 aliphatic carbocycles. The molecule has 0 N–H and O–H groups in total. The highest BCUT2D eigenvalue weighted by Gasteiger charge is 2.32. The van der Waals surface area contributed by atoms with E-state index in [0.717, 1.165) is 16.0 Å². The minimum Gasteiger partial charge on any atom is -0.353 e. The first-order valence-corrected chi connectivity index (χ1v) is 11.3. The Morgan fingerprint density at radius 2 is 1.74 bits per heavy atom. The van der Waals surface area contributed by atoms with Gasteiger partial charge >= 0.3 is 0 Å². The van der Waals surface area contributed by atoms with Crippen molar-refractivity contribution < 1.29 is 8.42 Å². The summed E-state index contributed by atoms with van der Waals surface area (Å²) in [6.07, 6.45) is 1.56. The molecule has 3 heterocycles. The van der Waals surface area contributed by atoms with E-state index in [-0.39, 0.29) is 14.9 Å². The number of benzene rings is 1. The molecule has 0 atom stereocenters. The van der Waals surface area contributed by atoms with Crippen molar-refractivity contribution in [3.8, 4) is 0 Å². The lowest BCUT2D eigenvalue weighted by Gasteiger charge is -2.35. The largest absolute Gasteiger partial charge is 0.353 e. The third-order valence-corrected chi connectivity index (χ3v) is 8.30. The highest BCUT2D eigenvalue weighted by Crippen LogP contribution is 2.33. The van der Waals surface area contributed by atoms with E-state index in [2.05, 4.69) is 20.9 Å². The molecule has 0 saturated carbocycles. The number of sulfonamides is 1. The Hall–Kier alpha value is -1.45. The number of aryl methyl sites for hydroxylation is 1. The molecule has 3 aromatic rings. The molecule has 0 radical (unpaired) electrons. The molecule has 6 nitrogen and oxygen atoms in total. The van der Waals surface area contributed by atoms with Gasteiger partial charge in [0.05, 0.1) is 15.4 Å². The van der Waals surface area contributed by atoms with Crippen LogP contribution in [0.15, 0.2) is 35.5 Å². The second kappa shape index (κ2) is 7.18. The highest BCUT2D eigenvalue weighted by molar-refractivity contribution is 7.89. The topological polar surface area (TPSA) is 66.4 Å². The number of halogens is 2. The first-order chi connectivity index (χ1) is 12.9. The summed E-state index contributed by atoms with van der Waals surface area (Å²) in [5.74, 6) is 0.845. The van der Waals surface area contributed by atoms with Crippen molar-refractivity contribution in [2.45, 2.75) is 11.8 Å². The summed E-state index contributed by atoms with van der Waals surface area (Å²) < 4.78 is 27.4. The van der Waals surface area contributed by atoms with E-state index < -0.39 is 10.0 Å². The molecular weight excluding hydrogens is 427 g/mol. The Morgan fingerprint density at radius 1 is 1.07 bits per heavy atom. The zero-order valence-electron chi connectivity index (χ0n) is 14.4. The Balaban J connectivity index is 1.58. The summed E-state index contributed by atoms with van der Waals surface area (Å²) in [6, 6.07) is 6.77. The van der Waals surface area contributed by atoms with Crippen molar-refractivity contribution in [2.75, 3.05) is 31.1 Å². The van der Waals surface area contributed by atoms with Gasteiger partial charge in [-0.3, -0.25) is 0 Å². The number of anilines is 1. The Morgan fingerprint density at radius 3 is 2.41 bits per heavy atom. The quantitative estimate of drug-likeness (QED) is 0.616. The molecule has 10 heteroatoms. The monoisotopic (exact) mass is 442 g/mol. The second-order valence-electron chi connectivity index (χ2n) is 6.22. The van der Waals surface area contributed by atoms with E-state index in [1.165, 1.54) is 21.3 Å². The van der Waals surface area contributed by atoms with Gasteiger partial charge in [0.1, 0.15) is 21.9 Å². The SMILES string of the molecule is Cc1cc2c(N3CCN(S(=O)(=O)c4c(Cl)cccc4Cl)CC3)ncnc2s1. The average molecular weight is 443 g/mol. The number of fused-ring (bicyclic) bond motifs is 1. The van der Waals surface area contributed by atoms with Gasteiger partial charge in [-0.15, -0.1) is 11.3 Å². The van der Waals surface area contributed by atoms with Gasteiger partial charge in [0, 0.05) is 31.1 Å². The number of hydrogen-bond acceptors (Lipinski definition) is 6. The van der Waals surface area contributed by atoms with E-state index in [1.54, 1.807) is 23.7 Å². The number of hydrogen-bond donors (Lipinski definition) is 0. The number of rotatable bonds is 3. The van der Waals surface area contributed by atoms with E-state index in [4.69, 9.17) is 23.2 Å². The molecule has 0 unspecified atom stereocenters. The van der Waals surface area contributed by atoms with Gasteiger partial charge in [-0.25, -0.2) is 18.4 Å². The lowest BCUT2D eigenvalue weighted by molar-refractivity contribution is 0.384. The Kier molecular flexibility index (Phi) is 5.02. The van der Waals surface area contributed by atoms with Gasteiger partial charge in [-0.2, -0.15) is 4.31 Å². The second-order valence-corrected chi connectivity index (χ2v) is 10.1. The summed E-state index contributed by atoms with van der Waals surface area (Å²) >= 11 is 13.8. The summed E-state index contributed by atoms with van der Waals surface area (Å²) in [5, 5.41) is 1.28. The fraction of sp³-hybridized carbons (Fsp3) is 0.294. The smallest absolute Gasteiger partial charge is 0.246 e. The Bertz CT molecular complexity index is 1090. The lowest BCUT2D eigenvalue weighted by Crippen LogP contribution is -2.49. The first kappa shape index (κ1) is 18.9. The zero-order chi connectivity index (χ0) is 19.2. The third kappa shape index (κ3) is 3.40. The van der Waals surface area contributed by atoms with Crippen molar-refractivity contribution in [3.05, 3.63) is 45.5 Å². The molecule has 1 saturated heterocycles. The van der Waals surface area contributed by atoms with Crippen molar-refractivity contribution >= 4 is 60.6 Å². The molecule has 1 aliphatic rings. The van der Waals surface area contributed by atoms with Gasteiger partial charge < -0.3 is 4.90 Å². The van der Waals surface area contributed by atoms with Crippen LogP contribution in [0.3, 0.4) is 0 Å².